The molecule has 7 nitrogen and oxygen atoms in total. The largest absolute Gasteiger partial charge is 0.349 e. The van der Waals surface area contributed by atoms with Crippen molar-refractivity contribution < 1.29 is 13.3 Å². The number of anilines is 1. The van der Waals surface area contributed by atoms with Crippen LogP contribution in [0.5, 0.6) is 0 Å². The number of pyridine rings is 1. The summed E-state index contributed by atoms with van der Waals surface area (Å²) in [5, 5.41) is 11.0. The third-order valence-corrected chi connectivity index (χ3v) is 4.48. The van der Waals surface area contributed by atoms with Crippen LogP contribution >= 0.6 is 11.6 Å². The zero-order chi connectivity index (χ0) is 13.3. The van der Waals surface area contributed by atoms with Crippen molar-refractivity contribution in [3.8, 4) is 0 Å². The lowest BCUT2D eigenvalue weighted by atomic mass is 10.3. The van der Waals surface area contributed by atoms with Crippen molar-refractivity contribution in [1.82, 2.24) is 4.98 Å². The summed E-state index contributed by atoms with van der Waals surface area (Å²) in [5.74, 6) is 0.0684. The topological polar surface area (TPSA) is 93.4 Å². The van der Waals surface area contributed by atoms with Gasteiger partial charge < -0.3 is 4.90 Å². The first-order valence-electron chi connectivity index (χ1n) is 5.15. The van der Waals surface area contributed by atoms with Gasteiger partial charge in [-0.1, -0.05) is 11.6 Å². The molecule has 2 rings (SSSR count). The molecule has 0 amide bonds. The third kappa shape index (κ3) is 2.70. The highest BCUT2D eigenvalue weighted by atomic mass is 35.5. The zero-order valence-electron chi connectivity index (χ0n) is 9.24. The summed E-state index contributed by atoms with van der Waals surface area (Å²) >= 11 is 5.72. The van der Waals surface area contributed by atoms with Gasteiger partial charge in [-0.2, -0.15) is 0 Å². The summed E-state index contributed by atoms with van der Waals surface area (Å²) in [7, 11) is -3.04. The van der Waals surface area contributed by atoms with E-state index in [1.165, 1.54) is 12.1 Å². The van der Waals surface area contributed by atoms with E-state index in [9.17, 15) is 18.5 Å². The summed E-state index contributed by atoms with van der Waals surface area (Å²) in [6.07, 6.45) is 0. The Hall–Kier alpha value is -1.41. The molecule has 0 unspecified atom stereocenters. The minimum absolute atomic E-state index is 0.0294. The van der Waals surface area contributed by atoms with Gasteiger partial charge in [-0.3, -0.25) is 10.1 Å². The molecular weight excluding hydrogens is 282 g/mol. The molecule has 1 aromatic heterocycles. The number of nitrogens with zero attached hydrogens (tertiary/aromatic N) is 3. The van der Waals surface area contributed by atoms with Crippen molar-refractivity contribution in [1.29, 1.82) is 0 Å². The first-order valence-corrected chi connectivity index (χ1v) is 7.35. The Morgan fingerprint density at radius 1 is 1.33 bits per heavy atom. The van der Waals surface area contributed by atoms with E-state index >= 15 is 0 Å². The highest BCUT2D eigenvalue weighted by molar-refractivity contribution is 7.91. The Bertz CT molecular complexity index is 575. The second-order valence-corrected chi connectivity index (χ2v) is 6.56. The van der Waals surface area contributed by atoms with Crippen LogP contribution in [0.15, 0.2) is 12.1 Å². The average Bonchev–Trinajstić information content (AvgIpc) is 2.28. The van der Waals surface area contributed by atoms with Crippen molar-refractivity contribution in [2.75, 3.05) is 29.5 Å². The summed E-state index contributed by atoms with van der Waals surface area (Å²) in [4.78, 5) is 15.8. The maximum absolute atomic E-state index is 11.3. The van der Waals surface area contributed by atoms with E-state index in [1.54, 1.807) is 4.90 Å². The van der Waals surface area contributed by atoms with Gasteiger partial charge in [-0.05, 0) is 6.07 Å². The van der Waals surface area contributed by atoms with Crippen LogP contribution in [0, 0.1) is 10.1 Å². The molecule has 18 heavy (non-hydrogen) atoms. The summed E-state index contributed by atoms with van der Waals surface area (Å²) < 4.78 is 22.6. The average molecular weight is 292 g/mol. The number of hydrogen-bond acceptors (Lipinski definition) is 6. The van der Waals surface area contributed by atoms with Gasteiger partial charge in [0.2, 0.25) is 5.82 Å². The molecule has 1 saturated heterocycles. The van der Waals surface area contributed by atoms with Crippen LogP contribution < -0.4 is 4.90 Å². The van der Waals surface area contributed by atoms with E-state index in [4.69, 9.17) is 11.6 Å². The van der Waals surface area contributed by atoms with Gasteiger partial charge in [0, 0.05) is 19.2 Å². The standard InChI is InChI=1S/C9H10ClN3O4S/c10-8-2-1-7(13(14)15)9(11-8)12-3-5-18(16,17)6-4-12/h1-2H,3-6H2. The molecule has 98 valence electrons. The van der Waals surface area contributed by atoms with Crippen molar-refractivity contribution in [2.24, 2.45) is 0 Å². The van der Waals surface area contributed by atoms with E-state index in [-0.39, 0.29) is 41.3 Å². The second kappa shape index (κ2) is 4.69. The van der Waals surface area contributed by atoms with Crippen molar-refractivity contribution in [2.45, 2.75) is 0 Å². The molecule has 0 aromatic carbocycles. The Balaban J connectivity index is 2.33. The first kappa shape index (κ1) is 13.0. The monoisotopic (exact) mass is 291 g/mol. The van der Waals surface area contributed by atoms with E-state index in [1.807, 2.05) is 0 Å². The van der Waals surface area contributed by atoms with Crippen LogP contribution in [0.1, 0.15) is 0 Å². The molecule has 0 saturated carbocycles. The molecular formula is C9H10ClN3O4S. The predicted octanol–water partition coefficient (Wildman–Crippen LogP) is 0.878. The minimum atomic E-state index is -3.04. The molecule has 0 bridgehead atoms. The van der Waals surface area contributed by atoms with Crippen LogP contribution in [-0.2, 0) is 9.84 Å². The Morgan fingerprint density at radius 3 is 2.50 bits per heavy atom. The lowest BCUT2D eigenvalue weighted by Crippen LogP contribution is -2.41. The zero-order valence-corrected chi connectivity index (χ0v) is 10.8. The van der Waals surface area contributed by atoms with Gasteiger partial charge in [0.05, 0.1) is 16.4 Å². The van der Waals surface area contributed by atoms with E-state index in [0.717, 1.165) is 0 Å². The van der Waals surface area contributed by atoms with Crippen LogP contribution in [-0.4, -0.2) is 42.9 Å². The summed E-state index contributed by atoms with van der Waals surface area (Å²) in [6.45, 7) is 0.382. The number of rotatable bonds is 2. The number of aromatic nitrogens is 1. The van der Waals surface area contributed by atoms with Crippen molar-refractivity contribution in [3.63, 3.8) is 0 Å². The molecule has 2 heterocycles. The van der Waals surface area contributed by atoms with Crippen LogP contribution in [0.3, 0.4) is 0 Å². The number of nitro groups is 1. The quantitative estimate of drug-likeness (QED) is 0.456. The molecule has 0 atom stereocenters. The molecule has 1 fully saturated rings. The fourth-order valence-corrected chi connectivity index (χ4v) is 3.06. The summed E-state index contributed by atoms with van der Waals surface area (Å²) in [6, 6.07) is 2.61. The molecule has 9 heteroatoms. The lowest BCUT2D eigenvalue weighted by molar-refractivity contribution is -0.384. The van der Waals surface area contributed by atoms with Crippen LogP contribution in [0.2, 0.25) is 5.15 Å². The van der Waals surface area contributed by atoms with Gasteiger partial charge >= 0.3 is 5.69 Å². The maximum atomic E-state index is 11.3. The van der Waals surface area contributed by atoms with Crippen LogP contribution in [0.4, 0.5) is 11.5 Å². The highest BCUT2D eigenvalue weighted by Gasteiger charge is 2.27. The molecule has 0 aliphatic carbocycles. The summed E-state index contributed by atoms with van der Waals surface area (Å²) in [5.41, 5.74) is -0.168. The molecule has 1 aliphatic heterocycles. The predicted molar refractivity (Wildman–Crippen MR) is 66.8 cm³/mol. The van der Waals surface area contributed by atoms with Gasteiger partial charge in [-0.15, -0.1) is 0 Å². The van der Waals surface area contributed by atoms with Gasteiger partial charge in [0.1, 0.15) is 5.15 Å². The Kier molecular flexibility index (Phi) is 3.40. The molecule has 0 spiro atoms. The maximum Gasteiger partial charge on any atom is 0.311 e. The number of sulfone groups is 1. The van der Waals surface area contributed by atoms with E-state index in [0.29, 0.717) is 0 Å². The SMILES string of the molecule is O=[N+]([O-])c1ccc(Cl)nc1N1CCS(=O)(=O)CC1. The lowest BCUT2D eigenvalue weighted by Gasteiger charge is -2.27. The fraction of sp³-hybridized carbons (Fsp3) is 0.444. The first-order chi connectivity index (χ1) is 8.39. The molecule has 0 radical (unpaired) electrons. The number of hydrogen-bond donors (Lipinski definition) is 0. The normalized spacial score (nSPS) is 18.6. The van der Waals surface area contributed by atoms with Crippen molar-refractivity contribution in [3.05, 3.63) is 27.4 Å². The molecule has 1 aromatic rings. The van der Waals surface area contributed by atoms with Crippen molar-refractivity contribution >= 4 is 32.9 Å². The third-order valence-electron chi connectivity index (χ3n) is 2.66. The number of halogens is 1. The fourth-order valence-electron chi connectivity index (χ4n) is 1.72. The van der Waals surface area contributed by atoms with E-state index < -0.39 is 14.8 Å². The van der Waals surface area contributed by atoms with E-state index in [2.05, 4.69) is 4.98 Å². The molecule has 1 aliphatic rings. The van der Waals surface area contributed by atoms with Gasteiger partial charge in [0.15, 0.2) is 9.84 Å². The highest BCUT2D eigenvalue weighted by Crippen LogP contribution is 2.28. The second-order valence-electron chi connectivity index (χ2n) is 3.87. The van der Waals surface area contributed by atoms with Gasteiger partial charge in [-0.25, -0.2) is 13.4 Å². The molecule has 0 N–H and O–H groups in total. The van der Waals surface area contributed by atoms with Gasteiger partial charge in [0.25, 0.3) is 0 Å². The minimum Gasteiger partial charge on any atom is -0.349 e. The Labute approximate surface area is 108 Å². The smallest absolute Gasteiger partial charge is 0.311 e. The Morgan fingerprint density at radius 2 is 1.94 bits per heavy atom. The van der Waals surface area contributed by atoms with Crippen LogP contribution in [0.25, 0.3) is 0 Å².